The maximum atomic E-state index is 11.9. The van der Waals surface area contributed by atoms with Crippen LogP contribution in [0.5, 0.6) is 23.0 Å². The molecule has 0 aliphatic carbocycles. The van der Waals surface area contributed by atoms with Crippen LogP contribution in [0.2, 0.25) is 0 Å². The van der Waals surface area contributed by atoms with E-state index in [4.69, 9.17) is 23.7 Å². The van der Waals surface area contributed by atoms with Gasteiger partial charge in [0.15, 0.2) is 29.6 Å². The Balaban J connectivity index is 1.82. The van der Waals surface area contributed by atoms with Gasteiger partial charge in [-0.3, -0.25) is 4.79 Å². The molecule has 0 fully saturated rings. The van der Waals surface area contributed by atoms with Crippen LogP contribution in [-0.2, 0) is 20.9 Å². The first-order valence-corrected chi connectivity index (χ1v) is 9.05. The molecular weight excluding hydrogens is 390 g/mol. The van der Waals surface area contributed by atoms with Gasteiger partial charge in [0.2, 0.25) is 0 Å². The number of carbonyl (C=O) groups excluding carboxylic acids is 2. The minimum atomic E-state index is -0.633. The summed E-state index contributed by atoms with van der Waals surface area (Å²) in [4.78, 5) is 23.8. The molecular formula is C22H25NO7. The number of hydrogen-bond acceptors (Lipinski definition) is 7. The van der Waals surface area contributed by atoms with Crippen LogP contribution in [0.3, 0.4) is 0 Å². The molecule has 0 aliphatic heterocycles. The zero-order chi connectivity index (χ0) is 21.9. The third-order valence-corrected chi connectivity index (χ3v) is 4.10. The molecule has 1 N–H and O–H groups in total. The number of esters is 1. The van der Waals surface area contributed by atoms with Gasteiger partial charge in [-0.1, -0.05) is 12.1 Å². The van der Waals surface area contributed by atoms with Crippen molar-refractivity contribution in [2.75, 3.05) is 35.0 Å². The number of benzene rings is 2. The molecule has 0 bridgehead atoms. The minimum Gasteiger partial charge on any atom is -0.493 e. The van der Waals surface area contributed by atoms with Crippen molar-refractivity contribution in [3.8, 4) is 23.0 Å². The highest BCUT2D eigenvalue weighted by Crippen LogP contribution is 2.28. The van der Waals surface area contributed by atoms with Gasteiger partial charge in [-0.2, -0.15) is 0 Å². The van der Waals surface area contributed by atoms with Crippen LogP contribution in [0.25, 0.3) is 6.08 Å². The van der Waals surface area contributed by atoms with Gasteiger partial charge in [0.25, 0.3) is 5.91 Å². The summed E-state index contributed by atoms with van der Waals surface area (Å²) >= 11 is 0. The number of hydrogen-bond donors (Lipinski definition) is 1. The zero-order valence-corrected chi connectivity index (χ0v) is 17.4. The normalized spacial score (nSPS) is 10.4. The lowest BCUT2D eigenvalue weighted by atomic mass is 10.2. The molecule has 0 radical (unpaired) electrons. The predicted molar refractivity (Wildman–Crippen MR) is 111 cm³/mol. The van der Waals surface area contributed by atoms with Gasteiger partial charge in [-0.25, -0.2) is 4.79 Å². The number of ether oxygens (including phenoxy) is 5. The van der Waals surface area contributed by atoms with Crippen molar-refractivity contribution < 1.29 is 33.3 Å². The topological polar surface area (TPSA) is 92.3 Å². The summed E-state index contributed by atoms with van der Waals surface area (Å²) in [5.41, 5.74) is 1.54. The first-order chi connectivity index (χ1) is 14.5. The van der Waals surface area contributed by atoms with Gasteiger partial charge in [-0.15, -0.1) is 0 Å². The summed E-state index contributed by atoms with van der Waals surface area (Å²) in [5, 5.41) is 2.68. The molecule has 2 aromatic carbocycles. The van der Waals surface area contributed by atoms with Crippen LogP contribution in [0.4, 0.5) is 0 Å². The molecule has 160 valence electrons. The largest absolute Gasteiger partial charge is 0.493 e. The third kappa shape index (κ3) is 6.44. The standard InChI is InChI=1S/C22H25NO7/c1-26-17-8-5-15(11-19(17)28-3)7-10-22(25)30-14-21(24)23-13-16-6-9-18(27-2)20(12-16)29-4/h5-12H,13-14H2,1-4H3,(H,23,24)/b10-7+. The summed E-state index contributed by atoms with van der Waals surface area (Å²) in [5.74, 6) is 1.24. The van der Waals surface area contributed by atoms with Gasteiger partial charge >= 0.3 is 5.97 Å². The van der Waals surface area contributed by atoms with Crippen molar-refractivity contribution in [1.82, 2.24) is 5.32 Å². The maximum Gasteiger partial charge on any atom is 0.331 e. The van der Waals surface area contributed by atoms with Crippen LogP contribution in [0.15, 0.2) is 42.5 Å². The second-order valence-electron chi connectivity index (χ2n) is 6.02. The molecule has 0 heterocycles. The van der Waals surface area contributed by atoms with Crippen molar-refractivity contribution in [2.45, 2.75) is 6.54 Å². The first kappa shape index (κ1) is 22.6. The average Bonchev–Trinajstić information content (AvgIpc) is 2.79. The van der Waals surface area contributed by atoms with E-state index in [9.17, 15) is 9.59 Å². The van der Waals surface area contributed by atoms with E-state index in [1.54, 1.807) is 56.7 Å². The number of rotatable bonds is 10. The van der Waals surface area contributed by atoms with Gasteiger partial charge in [-0.05, 0) is 41.5 Å². The van der Waals surface area contributed by atoms with Crippen molar-refractivity contribution in [1.29, 1.82) is 0 Å². The van der Waals surface area contributed by atoms with E-state index in [0.717, 1.165) is 11.1 Å². The SMILES string of the molecule is COc1ccc(/C=C/C(=O)OCC(=O)NCc2ccc(OC)c(OC)c2)cc1OC. The lowest BCUT2D eigenvalue weighted by Gasteiger charge is -2.10. The van der Waals surface area contributed by atoms with Crippen molar-refractivity contribution in [2.24, 2.45) is 0 Å². The minimum absolute atomic E-state index is 0.262. The van der Waals surface area contributed by atoms with E-state index in [-0.39, 0.29) is 13.2 Å². The molecule has 0 aromatic heterocycles. The Hall–Kier alpha value is -3.68. The van der Waals surface area contributed by atoms with Crippen molar-refractivity contribution in [3.63, 3.8) is 0 Å². The Bertz CT molecular complexity index is 908. The summed E-state index contributed by atoms with van der Waals surface area (Å²) in [6.45, 7) is -0.124. The molecule has 8 nitrogen and oxygen atoms in total. The molecule has 0 aliphatic rings. The highest BCUT2D eigenvalue weighted by atomic mass is 16.5. The first-order valence-electron chi connectivity index (χ1n) is 9.05. The molecule has 2 aromatic rings. The van der Waals surface area contributed by atoms with Gasteiger partial charge in [0.1, 0.15) is 0 Å². The van der Waals surface area contributed by atoms with Gasteiger partial charge in [0.05, 0.1) is 28.4 Å². The summed E-state index contributed by atoms with van der Waals surface area (Å²) in [7, 11) is 6.16. The van der Waals surface area contributed by atoms with E-state index in [2.05, 4.69) is 5.32 Å². The average molecular weight is 415 g/mol. The van der Waals surface area contributed by atoms with Crippen LogP contribution in [0.1, 0.15) is 11.1 Å². The molecule has 0 spiro atoms. The van der Waals surface area contributed by atoms with E-state index in [1.165, 1.54) is 20.3 Å². The summed E-state index contributed by atoms with van der Waals surface area (Å²) < 4.78 is 25.7. The summed E-state index contributed by atoms with van der Waals surface area (Å²) in [6, 6.07) is 10.5. The second kappa shape index (κ2) is 11.4. The van der Waals surface area contributed by atoms with Crippen LogP contribution >= 0.6 is 0 Å². The second-order valence-corrected chi connectivity index (χ2v) is 6.02. The molecule has 8 heteroatoms. The lowest BCUT2D eigenvalue weighted by molar-refractivity contribution is -0.143. The summed E-state index contributed by atoms with van der Waals surface area (Å²) in [6.07, 6.45) is 2.80. The Labute approximate surface area is 175 Å². The quantitative estimate of drug-likeness (QED) is 0.471. The van der Waals surface area contributed by atoms with Gasteiger partial charge < -0.3 is 29.0 Å². The van der Waals surface area contributed by atoms with Crippen LogP contribution in [0, 0.1) is 0 Å². The number of methoxy groups -OCH3 is 4. The molecule has 0 saturated heterocycles. The lowest BCUT2D eigenvalue weighted by Crippen LogP contribution is -2.28. The third-order valence-electron chi connectivity index (χ3n) is 4.10. The highest BCUT2D eigenvalue weighted by molar-refractivity contribution is 5.89. The fraction of sp³-hybridized carbons (Fsp3) is 0.273. The fourth-order valence-corrected chi connectivity index (χ4v) is 2.55. The van der Waals surface area contributed by atoms with Crippen molar-refractivity contribution in [3.05, 3.63) is 53.6 Å². The zero-order valence-electron chi connectivity index (χ0n) is 17.4. The Morgan fingerprint density at radius 1 is 0.833 bits per heavy atom. The Morgan fingerprint density at radius 3 is 2.07 bits per heavy atom. The monoisotopic (exact) mass is 415 g/mol. The van der Waals surface area contributed by atoms with E-state index >= 15 is 0 Å². The molecule has 0 atom stereocenters. The van der Waals surface area contributed by atoms with E-state index < -0.39 is 11.9 Å². The van der Waals surface area contributed by atoms with E-state index in [0.29, 0.717) is 23.0 Å². The molecule has 2 rings (SSSR count). The highest BCUT2D eigenvalue weighted by Gasteiger charge is 2.08. The number of nitrogens with one attached hydrogen (secondary N) is 1. The Morgan fingerprint density at radius 2 is 1.43 bits per heavy atom. The van der Waals surface area contributed by atoms with Crippen molar-refractivity contribution >= 4 is 18.0 Å². The smallest absolute Gasteiger partial charge is 0.331 e. The molecule has 1 amide bonds. The Kier molecular flexibility index (Phi) is 8.56. The van der Waals surface area contributed by atoms with Gasteiger partial charge in [0, 0.05) is 12.6 Å². The number of amides is 1. The predicted octanol–water partition coefficient (Wildman–Crippen LogP) is 2.59. The fourth-order valence-electron chi connectivity index (χ4n) is 2.55. The van der Waals surface area contributed by atoms with E-state index in [1.807, 2.05) is 0 Å². The molecule has 0 saturated carbocycles. The maximum absolute atomic E-state index is 11.9. The van der Waals surface area contributed by atoms with Crippen LogP contribution in [-0.4, -0.2) is 46.9 Å². The molecule has 30 heavy (non-hydrogen) atoms. The van der Waals surface area contributed by atoms with Crippen LogP contribution < -0.4 is 24.3 Å². The number of carbonyl (C=O) groups is 2. The molecule has 0 unspecified atom stereocenters.